The first-order chi connectivity index (χ1) is 12.4. The van der Waals surface area contributed by atoms with Gasteiger partial charge in [-0.1, -0.05) is 41.4 Å². The summed E-state index contributed by atoms with van der Waals surface area (Å²) in [7, 11) is 0. The molecule has 0 aromatic heterocycles. The summed E-state index contributed by atoms with van der Waals surface area (Å²) in [5.41, 5.74) is 1.77. The molecule has 0 heterocycles. The summed E-state index contributed by atoms with van der Waals surface area (Å²) in [5, 5.41) is 25.4. The van der Waals surface area contributed by atoms with E-state index in [4.69, 9.17) is 16.9 Å². The zero-order chi connectivity index (χ0) is 19.1. The maximum absolute atomic E-state index is 12.2. The number of halogens is 1. The van der Waals surface area contributed by atoms with Crippen molar-refractivity contribution in [2.24, 2.45) is 0 Å². The van der Waals surface area contributed by atoms with Crippen LogP contribution in [0.5, 0.6) is 0 Å². The van der Waals surface area contributed by atoms with Gasteiger partial charge in [0.25, 0.3) is 11.6 Å². The fourth-order valence-corrected chi connectivity index (χ4v) is 2.32. The lowest BCUT2D eigenvalue weighted by atomic mass is 10.1. The van der Waals surface area contributed by atoms with E-state index in [1.54, 1.807) is 6.07 Å². The Hall–Kier alpha value is -3.37. The van der Waals surface area contributed by atoms with Crippen LogP contribution in [0.3, 0.4) is 0 Å². The molecule has 0 saturated carbocycles. The highest BCUT2D eigenvalue weighted by Crippen LogP contribution is 2.26. The third-order valence-electron chi connectivity index (χ3n) is 3.41. The number of nitriles is 1. The Balaban J connectivity index is 2.08. The largest absolute Gasteiger partial charge is 0.386 e. The first kappa shape index (κ1) is 19.0. The molecule has 0 spiro atoms. The van der Waals surface area contributed by atoms with Gasteiger partial charge in [-0.3, -0.25) is 14.9 Å². The Labute approximate surface area is 155 Å². The molecular formula is C18H15ClN4O3. The predicted octanol–water partition coefficient (Wildman–Crippen LogP) is 3.69. The normalized spacial score (nSPS) is 10.7. The van der Waals surface area contributed by atoms with Crippen molar-refractivity contribution in [2.45, 2.75) is 13.5 Å². The molecule has 2 aromatic rings. The fraction of sp³-hybridized carbons (Fsp3) is 0.111. The highest BCUT2D eigenvalue weighted by molar-refractivity contribution is 6.34. The Bertz CT molecular complexity index is 919. The summed E-state index contributed by atoms with van der Waals surface area (Å²) in [6.45, 7) is 2.41. The fourth-order valence-electron chi connectivity index (χ4n) is 2.15. The van der Waals surface area contributed by atoms with Crippen LogP contribution in [-0.2, 0) is 11.3 Å². The number of carbonyl (C=O) groups is 1. The number of aryl methyl sites for hydroxylation is 1. The number of hydrogen-bond acceptors (Lipinski definition) is 5. The summed E-state index contributed by atoms with van der Waals surface area (Å²) >= 11 is 5.94. The second kappa shape index (κ2) is 8.65. The van der Waals surface area contributed by atoms with Crippen molar-refractivity contribution in [3.05, 3.63) is 80.5 Å². The van der Waals surface area contributed by atoms with Gasteiger partial charge in [-0.25, -0.2) is 0 Å². The Morgan fingerprint density at radius 3 is 2.77 bits per heavy atom. The minimum Gasteiger partial charge on any atom is -0.386 e. The first-order valence-corrected chi connectivity index (χ1v) is 7.93. The van der Waals surface area contributed by atoms with Crippen LogP contribution >= 0.6 is 11.6 Å². The second-order valence-electron chi connectivity index (χ2n) is 5.42. The van der Waals surface area contributed by atoms with E-state index in [0.717, 1.165) is 17.2 Å². The molecule has 0 aliphatic heterocycles. The number of nitro groups is 1. The third kappa shape index (κ3) is 5.06. The molecule has 2 rings (SSSR count). The average molecular weight is 371 g/mol. The van der Waals surface area contributed by atoms with Gasteiger partial charge in [-0.15, -0.1) is 0 Å². The van der Waals surface area contributed by atoms with Crippen molar-refractivity contribution in [1.29, 1.82) is 5.26 Å². The molecule has 0 aliphatic carbocycles. The monoisotopic (exact) mass is 370 g/mol. The highest BCUT2D eigenvalue weighted by Gasteiger charge is 2.14. The number of nitro benzene ring substituents is 1. The molecule has 0 atom stereocenters. The molecule has 0 fully saturated rings. The van der Waals surface area contributed by atoms with Gasteiger partial charge in [0.15, 0.2) is 0 Å². The van der Waals surface area contributed by atoms with E-state index in [1.807, 2.05) is 31.2 Å². The SMILES string of the molecule is Cc1cccc(CN/C=C(/C#N)C(=O)Nc2cc([N+](=O)[O-])ccc2Cl)c1. The lowest BCUT2D eigenvalue weighted by Crippen LogP contribution is -2.17. The number of nitrogens with zero attached hydrogens (tertiary/aromatic N) is 2. The van der Waals surface area contributed by atoms with E-state index in [9.17, 15) is 14.9 Å². The van der Waals surface area contributed by atoms with Crippen LogP contribution < -0.4 is 10.6 Å². The molecule has 0 unspecified atom stereocenters. The van der Waals surface area contributed by atoms with E-state index in [2.05, 4.69) is 10.6 Å². The molecule has 2 aromatic carbocycles. The molecule has 26 heavy (non-hydrogen) atoms. The summed E-state index contributed by atoms with van der Waals surface area (Å²) in [5.74, 6) is -0.716. The van der Waals surface area contributed by atoms with Crippen molar-refractivity contribution in [3.8, 4) is 6.07 Å². The molecule has 0 bridgehead atoms. The van der Waals surface area contributed by atoms with Gasteiger partial charge in [0.2, 0.25) is 0 Å². The summed E-state index contributed by atoms with van der Waals surface area (Å²) in [6.07, 6.45) is 1.29. The molecule has 0 saturated heterocycles. The Morgan fingerprint density at radius 2 is 2.12 bits per heavy atom. The minimum atomic E-state index is -0.716. The molecule has 1 amide bonds. The number of nitrogens with one attached hydrogen (secondary N) is 2. The molecule has 132 valence electrons. The van der Waals surface area contributed by atoms with Crippen LogP contribution in [0, 0.1) is 28.4 Å². The smallest absolute Gasteiger partial charge is 0.271 e. The topological polar surface area (TPSA) is 108 Å². The van der Waals surface area contributed by atoms with Crippen molar-refractivity contribution in [2.75, 3.05) is 5.32 Å². The van der Waals surface area contributed by atoms with E-state index < -0.39 is 10.8 Å². The maximum Gasteiger partial charge on any atom is 0.271 e. The summed E-state index contributed by atoms with van der Waals surface area (Å²) in [6, 6.07) is 13.2. The van der Waals surface area contributed by atoms with Crippen LogP contribution in [0.4, 0.5) is 11.4 Å². The quantitative estimate of drug-likeness (QED) is 0.349. The van der Waals surface area contributed by atoms with Crippen molar-refractivity contribution < 1.29 is 9.72 Å². The molecular weight excluding hydrogens is 356 g/mol. The van der Waals surface area contributed by atoms with Gasteiger partial charge >= 0.3 is 0 Å². The zero-order valence-corrected chi connectivity index (χ0v) is 14.6. The van der Waals surface area contributed by atoms with Crippen LogP contribution in [0.25, 0.3) is 0 Å². The van der Waals surface area contributed by atoms with E-state index in [0.29, 0.717) is 6.54 Å². The number of amides is 1. The maximum atomic E-state index is 12.2. The van der Waals surface area contributed by atoms with Gasteiger partial charge < -0.3 is 10.6 Å². The van der Waals surface area contributed by atoms with Gasteiger partial charge in [0.1, 0.15) is 11.6 Å². The molecule has 0 aliphatic rings. The summed E-state index contributed by atoms with van der Waals surface area (Å²) < 4.78 is 0. The zero-order valence-electron chi connectivity index (χ0n) is 13.8. The summed E-state index contributed by atoms with van der Waals surface area (Å²) in [4.78, 5) is 22.4. The number of anilines is 1. The standard InChI is InChI=1S/C18H15ClN4O3/c1-12-3-2-4-13(7-12)10-21-11-14(9-20)18(24)22-17-8-15(23(25)26)5-6-16(17)19/h2-8,11,21H,10H2,1H3,(H,22,24)/b14-11-. The predicted molar refractivity (Wildman–Crippen MR) is 98.5 cm³/mol. The lowest BCUT2D eigenvalue weighted by molar-refractivity contribution is -0.384. The van der Waals surface area contributed by atoms with Crippen LogP contribution in [-0.4, -0.2) is 10.8 Å². The molecule has 2 N–H and O–H groups in total. The Kier molecular flexibility index (Phi) is 6.31. The molecule has 7 nitrogen and oxygen atoms in total. The van der Waals surface area contributed by atoms with Crippen molar-refractivity contribution in [1.82, 2.24) is 5.32 Å². The van der Waals surface area contributed by atoms with Crippen molar-refractivity contribution in [3.63, 3.8) is 0 Å². The van der Waals surface area contributed by atoms with Gasteiger partial charge in [-0.05, 0) is 18.6 Å². The second-order valence-corrected chi connectivity index (χ2v) is 5.82. The van der Waals surface area contributed by atoms with E-state index >= 15 is 0 Å². The van der Waals surface area contributed by atoms with Gasteiger partial charge in [0.05, 0.1) is 15.6 Å². The number of rotatable bonds is 6. The minimum absolute atomic E-state index is 0.0608. The van der Waals surface area contributed by atoms with Crippen LogP contribution in [0.2, 0.25) is 5.02 Å². The molecule has 8 heteroatoms. The average Bonchev–Trinajstić information content (AvgIpc) is 2.60. The van der Waals surface area contributed by atoms with Crippen LogP contribution in [0.15, 0.2) is 54.2 Å². The van der Waals surface area contributed by atoms with E-state index in [-0.39, 0.29) is 22.0 Å². The van der Waals surface area contributed by atoms with E-state index in [1.165, 1.54) is 18.3 Å². The third-order valence-corrected chi connectivity index (χ3v) is 3.74. The lowest BCUT2D eigenvalue weighted by Gasteiger charge is -2.07. The van der Waals surface area contributed by atoms with Crippen LogP contribution in [0.1, 0.15) is 11.1 Å². The number of hydrogen-bond donors (Lipinski definition) is 2. The van der Waals surface area contributed by atoms with Gasteiger partial charge in [0, 0.05) is 24.9 Å². The number of benzene rings is 2. The van der Waals surface area contributed by atoms with Gasteiger partial charge in [-0.2, -0.15) is 5.26 Å². The number of non-ortho nitro benzene ring substituents is 1. The number of carbonyl (C=O) groups excluding carboxylic acids is 1. The first-order valence-electron chi connectivity index (χ1n) is 7.55. The Morgan fingerprint density at radius 1 is 1.35 bits per heavy atom. The highest BCUT2D eigenvalue weighted by atomic mass is 35.5. The molecule has 0 radical (unpaired) electrons. The van der Waals surface area contributed by atoms with Crippen molar-refractivity contribution >= 4 is 28.9 Å².